The molecule has 2 rings (SSSR count). The van der Waals surface area contributed by atoms with Crippen LogP contribution in [-0.2, 0) is 6.42 Å². The van der Waals surface area contributed by atoms with Crippen molar-refractivity contribution in [3.05, 3.63) is 50.6 Å². The Balaban J connectivity index is 2.12. The second-order valence-electron chi connectivity index (χ2n) is 4.22. The maximum absolute atomic E-state index is 5.70. The lowest BCUT2D eigenvalue weighted by Crippen LogP contribution is -2.28. The van der Waals surface area contributed by atoms with Gasteiger partial charge in [0.05, 0.1) is 7.11 Å². The second kappa shape index (κ2) is 7.05. The molecule has 0 saturated carbocycles. The smallest absolute Gasteiger partial charge is 0.119 e. The molecule has 3 nitrogen and oxygen atoms in total. The summed E-state index contributed by atoms with van der Waals surface area (Å²) in [5.41, 5.74) is 4.02. The van der Waals surface area contributed by atoms with Crippen molar-refractivity contribution in [1.82, 2.24) is 5.43 Å². The predicted molar refractivity (Wildman–Crippen MR) is 83.4 cm³/mol. The lowest BCUT2D eigenvalue weighted by Gasteiger charge is -2.18. The molecule has 0 aliphatic heterocycles. The van der Waals surface area contributed by atoms with E-state index in [4.69, 9.17) is 10.6 Å². The molecule has 102 valence electrons. The zero-order chi connectivity index (χ0) is 13.7. The summed E-state index contributed by atoms with van der Waals surface area (Å²) in [6.45, 7) is 0. The number of nitrogens with two attached hydrogens (primary N) is 1. The highest BCUT2D eigenvalue weighted by Crippen LogP contribution is 2.30. The first kappa shape index (κ1) is 14.5. The van der Waals surface area contributed by atoms with Crippen molar-refractivity contribution in [1.29, 1.82) is 0 Å². The molecule has 2 aromatic rings. The summed E-state index contributed by atoms with van der Waals surface area (Å²) in [6.07, 6.45) is 1.96. The van der Waals surface area contributed by atoms with Crippen molar-refractivity contribution in [2.24, 2.45) is 5.84 Å². The van der Waals surface area contributed by atoms with E-state index in [9.17, 15) is 0 Å². The molecule has 0 amide bonds. The summed E-state index contributed by atoms with van der Waals surface area (Å²) in [4.78, 5) is 1.37. The standard InChI is InChI=1S/C14H17BrN2OS/c1-18-10-4-6-13(15)12(9-10)14(17-16)7-5-11-3-2-8-19-11/h2-4,6,8-9,14,17H,5,7,16H2,1H3. The predicted octanol–water partition coefficient (Wildman–Crippen LogP) is 3.66. The van der Waals surface area contributed by atoms with Crippen LogP contribution in [0.25, 0.3) is 0 Å². The summed E-state index contributed by atoms with van der Waals surface area (Å²) in [5.74, 6) is 6.54. The number of benzene rings is 1. The fraction of sp³-hybridized carbons (Fsp3) is 0.286. The van der Waals surface area contributed by atoms with Gasteiger partial charge in [0.15, 0.2) is 0 Å². The Morgan fingerprint density at radius 3 is 2.89 bits per heavy atom. The summed E-state index contributed by atoms with van der Waals surface area (Å²) in [5, 5.41) is 2.10. The molecule has 0 spiro atoms. The number of methoxy groups -OCH3 is 1. The van der Waals surface area contributed by atoms with E-state index in [0.29, 0.717) is 0 Å². The van der Waals surface area contributed by atoms with E-state index in [0.717, 1.165) is 28.6 Å². The Morgan fingerprint density at radius 2 is 2.26 bits per heavy atom. The second-order valence-corrected chi connectivity index (χ2v) is 6.11. The minimum Gasteiger partial charge on any atom is -0.497 e. The molecule has 1 heterocycles. The van der Waals surface area contributed by atoms with Crippen LogP contribution in [0, 0.1) is 0 Å². The third-order valence-electron chi connectivity index (χ3n) is 3.04. The molecule has 1 unspecified atom stereocenters. The number of halogens is 1. The molecule has 0 aliphatic rings. The van der Waals surface area contributed by atoms with Crippen LogP contribution in [0.15, 0.2) is 40.2 Å². The van der Waals surface area contributed by atoms with Gasteiger partial charge in [0.25, 0.3) is 0 Å². The van der Waals surface area contributed by atoms with Gasteiger partial charge >= 0.3 is 0 Å². The molecule has 0 aliphatic carbocycles. The zero-order valence-electron chi connectivity index (χ0n) is 10.7. The van der Waals surface area contributed by atoms with Crippen LogP contribution in [0.4, 0.5) is 0 Å². The maximum atomic E-state index is 5.70. The molecule has 1 aromatic heterocycles. The number of ether oxygens (including phenoxy) is 1. The molecule has 1 atom stereocenters. The van der Waals surface area contributed by atoms with Crippen LogP contribution in [0.2, 0.25) is 0 Å². The average molecular weight is 341 g/mol. The first-order valence-electron chi connectivity index (χ1n) is 6.06. The quantitative estimate of drug-likeness (QED) is 0.623. The van der Waals surface area contributed by atoms with E-state index < -0.39 is 0 Å². The highest BCUT2D eigenvalue weighted by molar-refractivity contribution is 9.10. The fourth-order valence-corrected chi connectivity index (χ4v) is 3.23. The molecule has 0 fully saturated rings. The van der Waals surface area contributed by atoms with Gasteiger partial charge in [-0.05, 0) is 48.1 Å². The van der Waals surface area contributed by atoms with Gasteiger partial charge in [0, 0.05) is 15.4 Å². The minimum absolute atomic E-state index is 0.103. The lowest BCUT2D eigenvalue weighted by molar-refractivity contribution is 0.412. The van der Waals surface area contributed by atoms with Gasteiger partial charge in [0.1, 0.15) is 5.75 Å². The molecule has 3 N–H and O–H groups in total. The fourth-order valence-electron chi connectivity index (χ4n) is 1.99. The Hall–Kier alpha value is -0.880. The van der Waals surface area contributed by atoms with Gasteiger partial charge in [-0.3, -0.25) is 11.3 Å². The third-order valence-corrected chi connectivity index (χ3v) is 4.70. The largest absolute Gasteiger partial charge is 0.497 e. The van der Waals surface area contributed by atoms with Gasteiger partial charge < -0.3 is 4.74 Å². The molecule has 19 heavy (non-hydrogen) atoms. The SMILES string of the molecule is COc1ccc(Br)c(C(CCc2cccs2)NN)c1. The van der Waals surface area contributed by atoms with Gasteiger partial charge in [-0.15, -0.1) is 11.3 Å². The van der Waals surface area contributed by atoms with Crippen LogP contribution in [-0.4, -0.2) is 7.11 Å². The Bertz CT molecular complexity index is 516. The summed E-state index contributed by atoms with van der Waals surface area (Å²) < 4.78 is 6.31. The molecular formula is C14H17BrN2OS. The number of hydrogen-bond acceptors (Lipinski definition) is 4. The number of rotatable bonds is 6. The van der Waals surface area contributed by atoms with E-state index in [2.05, 4.69) is 38.9 Å². The van der Waals surface area contributed by atoms with Crippen molar-refractivity contribution in [2.75, 3.05) is 7.11 Å². The first-order chi connectivity index (χ1) is 9.24. The molecule has 0 bridgehead atoms. The Kier molecular flexibility index (Phi) is 5.39. The molecule has 5 heteroatoms. The van der Waals surface area contributed by atoms with Gasteiger partial charge in [0.2, 0.25) is 0 Å². The Labute approximate surface area is 125 Å². The number of hydrogen-bond donors (Lipinski definition) is 2. The van der Waals surface area contributed by atoms with Crippen molar-refractivity contribution in [2.45, 2.75) is 18.9 Å². The summed E-state index contributed by atoms with van der Waals surface area (Å²) in [6, 6.07) is 10.3. The van der Waals surface area contributed by atoms with Crippen LogP contribution in [0.1, 0.15) is 22.9 Å². The number of aryl methyl sites for hydroxylation is 1. The molecule has 1 aromatic carbocycles. The summed E-state index contributed by atoms with van der Waals surface area (Å²) >= 11 is 5.35. The van der Waals surface area contributed by atoms with Crippen LogP contribution in [0.3, 0.4) is 0 Å². The number of hydrazine groups is 1. The van der Waals surface area contributed by atoms with Crippen molar-refractivity contribution in [3.63, 3.8) is 0 Å². The third kappa shape index (κ3) is 3.79. The number of thiophene rings is 1. The van der Waals surface area contributed by atoms with E-state index in [1.54, 1.807) is 18.4 Å². The normalized spacial score (nSPS) is 12.4. The Morgan fingerprint density at radius 1 is 1.42 bits per heavy atom. The topological polar surface area (TPSA) is 47.3 Å². The maximum Gasteiger partial charge on any atom is 0.119 e. The highest BCUT2D eigenvalue weighted by atomic mass is 79.9. The van der Waals surface area contributed by atoms with Crippen molar-refractivity contribution < 1.29 is 4.74 Å². The zero-order valence-corrected chi connectivity index (χ0v) is 13.1. The van der Waals surface area contributed by atoms with E-state index >= 15 is 0 Å². The average Bonchev–Trinajstić information content (AvgIpc) is 2.94. The number of nitrogens with one attached hydrogen (secondary N) is 1. The molecular weight excluding hydrogens is 324 g/mol. The monoisotopic (exact) mass is 340 g/mol. The van der Waals surface area contributed by atoms with Crippen LogP contribution in [0.5, 0.6) is 5.75 Å². The minimum atomic E-state index is 0.103. The van der Waals surface area contributed by atoms with Crippen molar-refractivity contribution >= 4 is 27.3 Å². The van der Waals surface area contributed by atoms with Gasteiger partial charge in [-0.1, -0.05) is 22.0 Å². The molecule has 0 saturated heterocycles. The summed E-state index contributed by atoms with van der Waals surface area (Å²) in [7, 11) is 1.67. The van der Waals surface area contributed by atoms with Crippen LogP contribution >= 0.6 is 27.3 Å². The highest BCUT2D eigenvalue weighted by Gasteiger charge is 2.14. The van der Waals surface area contributed by atoms with Gasteiger partial charge in [-0.25, -0.2) is 0 Å². The van der Waals surface area contributed by atoms with Gasteiger partial charge in [-0.2, -0.15) is 0 Å². The first-order valence-corrected chi connectivity index (χ1v) is 7.74. The lowest BCUT2D eigenvalue weighted by atomic mass is 10.0. The van der Waals surface area contributed by atoms with E-state index in [-0.39, 0.29) is 6.04 Å². The van der Waals surface area contributed by atoms with Crippen LogP contribution < -0.4 is 16.0 Å². The molecule has 0 radical (unpaired) electrons. The van der Waals surface area contributed by atoms with Crippen molar-refractivity contribution in [3.8, 4) is 5.75 Å². The van der Waals surface area contributed by atoms with E-state index in [1.807, 2.05) is 18.2 Å². The van der Waals surface area contributed by atoms with E-state index in [1.165, 1.54) is 4.88 Å².